The zero-order chi connectivity index (χ0) is 13.9. The van der Waals surface area contributed by atoms with E-state index in [4.69, 9.17) is 0 Å². The van der Waals surface area contributed by atoms with Gasteiger partial charge < -0.3 is 5.32 Å². The van der Waals surface area contributed by atoms with Crippen LogP contribution in [-0.4, -0.2) is 4.98 Å². The van der Waals surface area contributed by atoms with Gasteiger partial charge in [-0.1, -0.05) is 18.2 Å². The van der Waals surface area contributed by atoms with Crippen molar-refractivity contribution in [2.75, 3.05) is 0 Å². The molecule has 2 aromatic carbocycles. The summed E-state index contributed by atoms with van der Waals surface area (Å²) in [5.41, 5.74) is 1.70. The molecular formula is C15H12F2N2S. The van der Waals surface area contributed by atoms with Crippen LogP contribution >= 0.6 is 11.3 Å². The van der Waals surface area contributed by atoms with Gasteiger partial charge in [0.2, 0.25) is 0 Å². The van der Waals surface area contributed by atoms with Gasteiger partial charge in [0.05, 0.1) is 10.2 Å². The molecule has 0 aliphatic heterocycles. The number of benzene rings is 2. The Kier molecular flexibility index (Phi) is 3.71. The van der Waals surface area contributed by atoms with Crippen LogP contribution < -0.4 is 5.32 Å². The molecule has 102 valence electrons. The third kappa shape index (κ3) is 2.84. The summed E-state index contributed by atoms with van der Waals surface area (Å²) in [5, 5.41) is 4.16. The third-order valence-electron chi connectivity index (χ3n) is 2.93. The predicted octanol–water partition coefficient (Wildman–Crippen LogP) is 3.86. The van der Waals surface area contributed by atoms with Crippen LogP contribution in [0.5, 0.6) is 0 Å². The van der Waals surface area contributed by atoms with Crippen molar-refractivity contribution in [3.8, 4) is 0 Å². The van der Waals surface area contributed by atoms with Crippen LogP contribution in [-0.2, 0) is 13.1 Å². The quantitative estimate of drug-likeness (QED) is 0.789. The molecule has 0 fully saturated rings. The Hall–Kier alpha value is -1.85. The lowest BCUT2D eigenvalue weighted by Crippen LogP contribution is -2.12. The normalized spacial score (nSPS) is 11.1. The van der Waals surface area contributed by atoms with E-state index in [0.29, 0.717) is 18.7 Å². The van der Waals surface area contributed by atoms with Crippen molar-refractivity contribution < 1.29 is 8.78 Å². The van der Waals surface area contributed by atoms with Gasteiger partial charge in [-0.25, -0.2) is 13.8 Å². The van der Waals surface area contributed by atoms with Gasteiger partial charge in [-0.15, -0.1) is 11.3 Å². The van der Waals surface area contributed by atoms with Crippen LogP contribution in [0.3, 0.4) is 0 Å². The first-order valence-corrected chi connectivity index (χ1v) is 7.03. The average Bonchev–Trinajstić information content (AvgIpc) is 2.85. The van der Waals surface area contributed by atoms with Gasteiger partial charge in [0, 0.05) is 13.1 Å². The van der Waals surface area contributed by atoms with E-state index in [1.807, 2.05) is 24.3 Å². The van der Waals surface area contributed by atoms with E-state index in [-0.39, 0.29) is 0 Å². The largest absolute Gasteiger partial charge is 0.306 e. The SMILES string of the molecule is Fc1ccc(CNCc2nc3ccccc3s2)cc1F. The van der Waals surface area contributed by atoms with Crippen LogP contribution in [0.1, 0.15) is 10.6 Å². The van der Waals surface area contributed by atoms with Gasteiger partial charge in [0.25, 0.3) is 0 Å². The second-order valence-corrected chi connectivity index (χ2v) is 5.54. The number of hydrogen-bond donors (Lipinski definition) is 1. The van der Waals surface area contributed by atoms with E-state index in [1.54, 1.807) is 17.4 Å². The second-order valence-electron chi connectivity index (χ2n) is 4.43. The Labute approximate surface area is 119 Å². The molecule has 1 aromatic heterocycles. The first-order chi connectivity index (χ1) is 9.72. The monoisotopic (exact) mass is 290 g/mol. The summed E-state index contributed by atoms with van der Waals surface area (Å²) in [6.07, 6.45) is 0. The predicted molar refractivity (Wildman–Crippen MR) is 76.5 cm³/mol. The molecule has 3 rings (SSSR count). The molecule has 0 aliphatic rings. The number of fused-ring (bicyclic) bond motifs is 1. The van der Waals surface area contributed by atoms with Gasteiger partial charge >= 0.3 is 0 Å². The van der Waals surface area contributed by atoms with Crippen molar-refractivity contribution in [1.29, 1.82) is 0 Å². The van der Waals surface area contributed by atoms with Gasteiger partial charge in [0.1, 0.15) is 5.01 Å². The molecule has 0 amide bonds. The molecule has 0 saturated carbocycles. The summed E-state index contributed by atoms with van der Waals surface area (Å²) in [6.45, 7) is 1.09. The Morgan fingerprint density at radius 2 is 1.85 bits per heavy atom. The fraction of sp³-hybridized carbons (Fsp3) is 0.133. The van der Waals surface area contributed by atoms with E-state index in [9.17, 15) is 8.78 Å². The maximum Gasteiger partial charge on any atom is 0.159 e. The Morgan fingerprint density at radius 1 is 1.00 bits per heavy atom. The van der Waals surface area contributed by atoms with Crippen LogP contribution in [0, 0.1) is 11.6 Å². The highest BCUT2D eigenvalue weighted by atomic mass is 32.1. The van der Waals surface area contributed by atoms with Crippen LogP contribution in [0.15, 0.2) is 42.5 Å². The van der Waals surface area contributed by atoms with E-state index in [1.165, 1.54) is 6.07 Å². The summed E-state index contributed by atoms with van der Waals surface area (Å²) >= 11 is 1.63. The summed E-state index contributed by atoms with van der Waals surface area (Å²) in [7, 11) is 0. The highest BCUT2D eigenvalue weighted by Crippen LogP contribution is 2.21. The molecule has 2 nitrogen and oxygen atoms in total. The minimum absolute atomic E-state index is 0.479. The zero-order valence-electron chi connectivity index (χ0n) is 10.6. The van der Waals surface area contributed by atoms with Crippen LogP contribution in [0.2, 0.25) is 0 Å². The zero-order valence-corrected chi connectivity index (χ0v) is 11.4. The second kappa shape index (κ2) is 5.64. The van der Waals surface area contributed by atoms with Crippen LogP contribution in [0.4, 0.5) is 8.78 Å². The Balaban J connectivity index is 1.63. The number of rotatable bonds is 4. The number of aromatic nitrogens is 1. The number of thiazole rings is 1. The molecular weight excluding hydrogens is 278 g/mol. The molecule has 0 spiro atoms. The van der Waals surface area contributed by atoms with Gasteiger partial charge in [-0.3, -0.25) is 0 Å². The van der Waals surface area contributed by atoms with Crippen molar-refractivity contribution in [1.82, 2.24) is 10.3 Å². The van der Waals surface area contributed by atoms with Gasteiger partial charge in [-0.2, -0.15) is 0 Å². The molecule has 3 aromatic rings. The molecule has 0 radical (unpaired) electrons. The smallest absolute Gasteiger partial charge is 0.159 e. The highest BCUT2D eigenvalue weighted by Gasteiger charge is 2.04. The molecule has 0 saturated heterocycles. The fourth-order valence-corrected chi connectivity index (χ4v) is 2.90. The van der Waals surface area contributed by atoms with Crippen LogP contribution in [0.25, 0.3) is 10.2 Å². The molecule has 20 heavy (non-hydrogen) atoms. The summed E-state index contributed by atoms with van der Waals surface area (Å²) in [6, 6.07) is 11.9. The number of nitrogens with zero attached hydrogens (tertiary/aromatic N) is 1. The molecule has 0 aliphatic carbocycles. The van der Waals surface area contributed by atoms with E-state index in [0.717, 1.165) is 21.3 Å². The van der Waals surface area contributed by atoms with Crippen molar-refractivity contribution in [2.45, 2.75) is 13.1 Å². The standard InChI is InChI=1S/C15H12F2N2S/c16-11-6-5-10(7-12(11)17)8-18-9-15-19-13-3-1-2-4-14(13)20-15/h1-7,18H,8-9H2. The van der Waals surface area contributed by atoms with Gasteiger partial charge in [-0.05, 0) is 29.8 Å². The highest BCUT2D eigenvalue weighted by molar-refractivity contribution is 7.18. The Morgan fingerprint density at radius 3 is 2.65 bits per heavy atom. The van der Waals surface area contributed by atoms with E-state index < -0.39 is 11.6 Å². The summed E-state index contributed by atoms with van der Waals surface area (Å²) < 4.78 is 27.0. The molecule has 0 unspecified atom stereocenters. The summed E-state index contributed by atoms with van der Waals surface area (Å²) in [5.74, 6) is -1.63. The first-order valence-electron chi connectivity index (χ1n) is 6.21. The lowest BCUT2D eigenvalue weighted by atomic mass is 10.2. The maximum atomic E-state index is 13.1. The van der Waals surface area contributed by atoms with Gasteiger partial charge in [0.15, 0.2) is 11.6 Å². The number of nitrogens with one attached hydrogen (secondary N) is 1. The van der Waals surface area contributed by atoms with Crippen molar-refractivity contribution in [2.24, 2.45) is 0 Å². The maximum absolute atomic E-state index is 13.1. The fourth-order valence-electron chi connectivity index (χ4n) is 1.96. The lowest BCUT2D eigenvalue weighted by Gasteiger charge is -2.03. The van der Waals surface area contributed by atoms with Crippen molar-refractivity contribution in [3.63, 3.8) is 0 Å². The number of halogens is 2. The van der Waals surface area contributed by atoms with Crippen molar-refractivity contribution >= 4 is 21.6 Å². The average molecular weight is 290 g/mol. The molecule has 1 N–H and O–H groups in total. The topological polar surface area (TPSA) is 24.9 Å². The Bertz CT molecular complexity index is 707. The number of hydrogen-bond acceptors (Lipinski definition) is 3. The lowest BCUT2D eigenvalue weighted by molar-refractivity contribution is 0.506. The molecule has 1 heterocycles. The van der Waals surface area contributed by atoms with E-state index in [2.05, 4.69) is 10.3 Å². The number of para-hydroxylation sites is 1. The molecule has 0 atom stereocenters. The minimum Gasteiger partial charge on any atom is -0.306 e. The van der Waals surface area contributed by atoms with Crippen molar-refractivity contribution in [3.05, 3.63) is 64.7 Å². The minimum atomic E-state index is -0.820. The summed E-state index contributed by atoms with van der Waals surface area (Å²) in [4.78, 5) is 4.50. The first kappa shape index (κ1) is 13.1. The molecule has 5 heteroatoms. The van der Waals surface area contributed by atoms with E-state index >= 15 is 0 Å². The molecule has 0 bridgehead atoms. The third-order valence-corrected chi connectivity index (χ3v) is 3.96.